The molecule has 12 rings (SSSR count). The average Bonchev–Trinajstić information content (AvgIpc) is 4.10. The van der Waals surface area contributed by atoms with Crippen molar-refractivity contribution >= 4 is 56.5 Å². The molecule has 0 radical (unpaired) electrons. The average molecular weight is 893 g/mol. The topological polar surface area (TPSA) is 115 Å². The Morgan fingerprint density at radius 1 is 0.412 bits per heavy atom. The number of hydrogen-bond donors (Lipinski definition) is 2. The summed E-state index contributed by atoms with van der Waals surface area (Å²) in [6.07, 6.45) is 9.48. The number of hydrogen-bond acceptors (Lipinski definition) is 6. The normalized spacial score (nSPS) is 16.3. The van der Waals surface area contributed by atoms with Gasteiger partial charge in [0, 0.05) is 33.0 Å². The van der Waals surface area contributed by atoms with Gasteiger partial charge in [0.1, 0.15) is 11.5 Å². The van der Waals surface area contributed by atoms with Gasteiger partial charge in [0.15, 0.2) is 0 Å². The standard InChI is InChI=1S/C60H48N2O6/c1-33-29-41(35-9-3-4-10-35)25-27-49(33)61-57(65)45-15-7-13-43-53(51(63)31-47(55(43)45)59(61)67)39-21-17-37(18-22-39)38-19-23-40(24-20-38)54-44-14-8-16-46-56(44)48(32-52(54)64)60(68)62(58(46)66)50-28-26-42(30-34(50)2)36-11-5-6-12-36/h7-8,13-32,35-36,63-64H,3-6,9-12H2,1-2H3. The molecular formula is C60H48N2O6. The lowest BCUT2D eigenvalue weighted by molar-refractivity contribution is 0.0877. The summed E-state index contributed by atoms with van der Waals surface area (Å²) in [5.41, 5.74) is 11.0. The number of benzene rings is 8. The maximum Gasteiger partial charge on any atom is 0.266 e. The lowest BCUT2D eigenvalue weighted by atomic mass is 9.87. The van der Waals surface area contributed by atoms with Crippen molar-refractivity contribution in [3.8, 4) is 44.9 Å². The Balaban J connectivity index is 0.831. The number of aryl methyl sites for hydroxylation is 2. The molecule has 2 heterocycles. The quantitative estimate of drug-likeness (QED) is 0.154. The van der Waals surface area contributed by atoms with Crippen LogP contribution in [0.1, 0.15) is 127 Å². The second kappa shape index (κ2) is 15.9. The molecule has 0 spiro atoms. The van der Waals surface area contributed by atoms with E-state index in [0.29, 0.717) is 67.0 Å². The van der Waals surface area contributed by atoms with Crippen LogP contribution in [0.3, 0.4) is 0 Å². The number of phenols is 2. The Kier molecular flexibility index (Phi) is 9.73. The number of anilines is 2. The molecule has 4 amide bonds. The van der Waals surface area contributed by atoms with Crippen LogP contribution in [-0.2, 0) is 0 Å². The molecule has 0 saturated heterocycles. The Morgan fingerprint density at radius 3 is 1.13 bits per heavy atom. The summed E-state index contributed by atoms with van der Waals surface area (Å²) in [6, 6.07) is 41.4. The predicted molar refractivity (Wildman–Crippen MR) is 268 cm³/mol. The van der Waals surface area contributed by atoms with E-state index in [0.717, 1.165) is 59.1 Å². The van der Waals surface area contributed by atoms with Crippen molar-refractivity contribution in [1.82, 2.24) is 0 Å². The van der Waals surface area contributed by atoms with E-state index in [-0.39, 0.29) is 34.4 Å². The van der Waals surface area contributed by atoms with E-state index < -0.39 is 11.8 Å². The van der Waals surface area contributed by atoms with E-state index in [2.05, 4.69) is 12.1 Å². The zero-order chi connectivity index (χ0) is 46.5. The maximum atomic E-state index is 14.2. The second-order valence-electron chi connectivity index (χ2n) is 19.2. The summed E-state index contributed by atoms with van der Waals surface area (Å²) >= 11 is 0. The summed E-state index contributed by atoms with van der Waals surface area (Å²) in [6.45, 7) is 3.89. The highest BCUT2D eigenvalue weighted by Crippen LogP contribution is 2.47. The largest absolute Gasteiger partial charge is 0.507 e. The van der Waals surface area contributed by atoms with E-state index in [9.17, 15) is 29.4 Å². The number of nitrogens with zero attached hydrogens (tertiary/aromatic N) is 2. The first-order chi connectivity index (χ1) is 33.0. The van der Waals surface area contributed by atoms with Crippen LogP contribution in [0.5, 0.6) is 11.5 Å². The Bertz CT molecular complexity index is 3250. The Hall–Kier alpha value is -7.84. The molecule has 0 atom stereocenters. The molecule has 8 aromatic rings. The van der Waals surface area contributed by atoms with Crippen molar-refractivity contribution in [2.24, 2.45) is 0 Å². The first-order valence-electron chi connectivity index (χ1n) is 23.8. The van der Waals surface area contributed by atoms with Gasteiger partial charge >= 0.3 is 0 Å². The summed E-state index contributed by atoms with van der Waals surface area (Å²) in [7, 11) is 0. The molecule has 4 aliphatic rings. The zero-order valence-corrected chi connectivity index (χ0v) is 37.9. The van der Waals surface area contributed by atoms with Crippen molar-refractivity contribution in [1.29, 1.82) is 0 Å². The molecule has 0 aromatic heterocycles. The van der Waals surface area contributed by atoms with Gasteiger partial charge in [-0.05, 0) is 143 Å². The summed E-state index contributed by atoms with van der Waals surface area (Å²) in [4.78, 5) is 59.4. The van der Waals surface area contributed by atoms with Gasteiger partial charge in [-0.3, -0.25) is 19.2 Å². The van der Waals surface area contributed by atoms with E-state index in [1.54, 1.807) is 24.3 Å². The van der Waals surface area contributed by atoms with E-state index >= 15 is 0 Å². The molecule has 2 N–H and O–H groups in total. The van der Waals surface area contributed by atoms with Crippen LogP contribution in [0.4, 0.5) is 11.4 Å². The maximum absolute atomic E-state index is 14.2. The minimum atomic E-state index is -0.462. The third-order valence-electron chi connectivity index (χ3n) is 15.3. The molecule has 334 valence electrons. The summed E-state index contributed by atoms with van der Waals surface area (Å²) in [5.74, 6) is -0.807. The van der Waals surface area contributed by atoms with Crippen LogP contribution >= 0.6 is 0 Å². The van der Waals surface area contributed by atoms with Gasteiger partial charge in [-0.25, -0.2) is 9.80 Å². The number of carbonyl (C=O) groups is 4. The van der Waals surface area contributed by atoms with Gasteiger partial charge in [0.2, 0.25) is 0 Å². The highest BCUT2D eigenvalue weighted by Gasteiger charge is 2.38. The molecule has 2 aliphatic heterocycles. The van der Waals surface area contributed by atoms with E-state index in [4.69, 9.17) is 0 Å². The lowest BCUT2D eigenvalue weighted by Crippen LogP contribution is -2.40. The van der Waals surface area contributed by atoms with Gasteiger partial charge in [-0.2, -0.15) is 0 Å². The molecule has 2 fully saturated rings. The van der Waals surface area contributed by atoms with Crippen molar-refractivity contribution in [2.45, 2.75) is 77.0 Å². The van der Waals surface area contributed by atoms with Crippen LogP contribution in [0.15, 0.2) is 133 Å². The Labute approximate surface area is 394 Å². The number of amides is 4. The fourth-order valence-corrected chi connectivity index (χ4v) is 11.9. The number of phenolic OH excluding ortho intramolecular Hbond substituents is 2. The summed E-state index contributed by atoms with van der Waals surface area (Å²) < 4.78 is 0. The first-order valence-corrected chi connectivity index (χ1v) is 23.8. The van der Waals surface area contributed by atoms with Crippen molar-refractivity contribution in [2.75, 3.05) is 9.80 Å². The third kappa shape index (κ3) is 6.41. The zero-order valence-electron chi connectivity index (χ0n) is 37.9. The second-order valence-corrected chi connectivity index (χ2v) is 19.2. The van der Waals surface area contributed by atoms with Gasteiger partial charge in [-0.1, -0.05) is 123 Å². The van der Waals surface area contributed by atoms with Gasteiger partial charge in [0.05, 0.1) is 22.5 Å². The molecule has 8 heteroatoms. The van der Waals surface area contributed by atoms with Crippen molar-refractivity contribution in [3.05, 3.63) is 178 Å². The van der Waals surface area contributed by atoms with Crippen molar-refractivity contribution < 1.29 is 29.4 Å². The number of aromatic hydroxyl groups is 2. The predicted octanol–water partition coefficient (Wildman–Crippen LogP) is 13.9. The van der Waals surface area contributed by atoms with E-state index in [1.807, 2.05) is 98.8 Å². The minimum absolute atomic E-state index is 0.0574. The third-order valence-corrected chi connectivity index (χ3v) is 15.3. The molecule has 8 aromatic carbocycles. The fourth-order valence-electron chi connectivity index (χ4n) is 11.9. The highest BCUT2D eigenvalue weighted by atomic mass is 16.3. The number of imide groups is 2. The van der Waals surface area contributed by atoms with Crippen LogP contribution in [0.25, 0.3) is 54.9 Å². The van der Waals surface area contributed by atoms with E-state index in [1.165, 1.54) is 58.7 Å². The SMILES string of the molecule is Cc1cc(C2CCCC2)ccc1N1C(=O)c2cccc3c(-c4ccc(-c5ccc(-c6c(O)cc7c8c(cccc68)C(=O)N(c6ccc(C8CCCC8)cc6C)C7=O)cc5)cc4)c(O)cc(c23)C1=O. The van der Waals surface area contributed by atoms with Gasteiger partial charge < -0.3 is 10.2 Å². The Morgan fingerprint density at radius 2 is 0.765 bits per heavy atom. The number of rotatable bonds is 7. The minimum Gasteiger partial charge on any atom is -0.507 e. The molecular weight excluding hydrogens is 845 g/mol. The summed E-state index contributed by atoms with van der Waals surface area (Å²) in [5, 5.41) is 25.6. The van der Waals surface area contributed by atoms with Crippen LogP contribution in [0.2, 0.25) is 0 Å². The van der Waals surface area contributed by atoms with Crippen LogP contribution < -0.4 is 9.80 Å². The fraction of sp³-hybridized carbons (Fsp3) is 0.200. The first kappa shape index (κ1) is 41.6. The molecule has 0 unspecified atom stereocenters. The lowest BCUT2D eigenvalue weighted by Gasteiger charge is -2.29. The smallest absolute Gasteiger partial charge is 0.266 e. The molecule has 68 heavy (non-hydrogen) atoms. The number of carbonyl (C=O) groups excluding carboxylic acids is 4. The molecule has 2 aliphatic carbocycles. The van der Waals surface area contributed by atoms with Gasteiger partial charge in [-0.15, -0.1) is 0 Å². The highest BCUT2D eigenvalue weighted by molar-refractivity contribution is 6.38. The molecule has 0 bridgehead atoms. The van der Waals surface area contributed by atoms with Gasteiger partial charge in [0.25, 0.3) is 23.6 Å². The van der Waals surface area contributed by atoms with Crippen molar-refractivity contribution in [3.63, 3.8) is 0 Å². The van der Waals surface area contributed by atoms with Crippen LogP contribution in [-0.4, -0.2) is 33.8 Å². The van der Waals surface area contributed by atoms with Crippen LogP contribution in [0, 0.1) is 13.8 Å². The molecule has 2 saturated carbocycles. The molecule has 8 nitrogen and oxygen atoms in total. The monoisotopic (exact) mass is 892 g/mol.